The van der Waals surface area contributed by atoms with Gasteiger partial charge in [-0.1, -0.05) is 32.0 Å². The van der Waals surface area contributed by atoms with Crippen molar-refractivity contribution in [2.24, 2.45) is 5.73 Å². The van der Waals surface area contributed by atoms with Crippen LogP contribution < -0.4 is 11.1 Å². The number of hydrogen-bond acceptors (Lipinski definition) is 2. The molecule has 0 amide bonds. The molecule has 0 fully saturated rings. The van der Waals surface area contributed by atoms with Crippen molar-refractivity contribution in [1.82, 2.24) is 0 Å². The van der Waals surface area contributed by atoms with Crippen LogP contribution in [0.15, 0.2) is 18.2 Å². The van der Waals surface area contributed by atoms with Crippen LogP contribution in [-0.2, 0) is 0 Å². The first kappa shape index (κ1) is 10.1. The van der Waals surface area contributed by atoms with Crippen molar-refractivity contribution in [3.63, 3.8) is 0 Å². The molecule has 72 valence electrons. The summed E-state index contributed by atoms with van der Waals surface area (Å²) in [7, 11) is 0. The summed E-state index contributed by atoms with van der Waals surface area (Å²) in [6.07, 6.45) is 0. The van der Waals surface area contributed by atoms with Crippen LogP contribution in [0, 0.1) is 6.92 Å². The minimum atomic E-state index is 0.491. The monoisotopic (exact) mass is 178 g/mol. The Bertz CT molecular complexity index is 279. The predicted octanol–water partition coefficient (Wildman–Crippen LogP) is 2.45. The molecule has 0 heterocycles. The lowest BCUT2D eigenvalue weighted by Crippen LogP contribution is -2.13. The molecule has 0 bridgehead atoms. The smallest absolute Gasteiger partial charge is 0.0628 e. The van der Waals surface area contributed by atoms with E-state index in [-0.39, 0.29) is 0 Å². The maximum Gasteiger partial charge on any atom is 0.0628 e. The Hall–Kier alpha value is -1.02. The van der Waals surface area contributed by atoms with Crippen LogP contribution in [0.5, 0.6) is 0 Å². The van der Waals surface area contributed by atoms with E-state index >= 15 is 0 Å². The summed E-state index contributed by atoms with van der Waals surface area (Å²) in [5.74, 6) is 0.536. The average Bonchev–Trinajstić information content (AvgIpc) is 2.08. The zero-order chi connectivity index (χ0) is 9.84. The summed E-state index contributed by atoms with van der Waals surface area (Å²) in [4.78, 5) is 0. The van der Waals surface area contributed by atoms with E-state index in [1.54, 1.807) is 0 Å². The Morgan fingerprint density at radius 3 is 2.62 bits per heavy atom. The van der Waals surface area contributed by atoms with E-state index in [4.69, 9.17) is 5.73 Å². The largest absolute Gasteiger partial charge is 0.372 e. The van der Waals surface area contributed by atoms with Gasteiger partial charge in [-0.25, -0.2) is 0 Å². The van der Waals surface area contributed by atoms with Gasteiger partial charge in [0.25, 0.3) is 0 Å². The molecule has 1 aromatic carbocycles. The highest BCUT2D eigenvalue weighted by Crippen LogP contribution is 2.26. The van der Waals surface area contributed by atoms with Gasteiger partial charge < -0.3 is 11.1 Å². The highest BCUT2D eigenvalue weighted by atomic mass is 15.0. The Morgan fingerprint density at radius 1 is 1.38 bits per heavy atom. The molecule has 1 rings (SSSR count). The lowest BCUT2D eigenvalue weighted by atomic mass is 9.98. The summed E-state index contributed by atoms with van der Waals surface area (Å²) < 4.78 is 0. The zero-order valence-corrected chi connectivity index (χ0v) is 8.59. The van der Waals surface area contributed by atoms with E-state index in [9.17, 15) is 0 Å². The number of para-hydroxylation sites is 1. The van der Waals surface area contributed by atoms with Crippen molar-refractivity contribution in [2.45, 2.75) is 26.7 Å². The first-order chi connectivity index (χ1) is 6.16. The highest BCUT2D eigenvalue weighted by Gasteiger charge is 2.06. The molecule has 0 aromatic heterocycles. The van der Waals surface area contributed by atoms with Crippen LogP contribution in [0.3, 0.4) is 0 Å². The summed E-state index contributed by atoms with van der Waals surface area (Å²) >= 11 is 0. The van der Waals surface area contributed by atoms with Crippen LogP contribution in [0.1, 0.15) is 30.9 Å². The molecule has 0 radical (unpaired) electrons. The van der Waals surface area contributed by atoms with Gasteiger partial charge in [0.15, 0.2) is 0 Å². The highest BCUT2D eigenvalue weighted by molar-refractivity contribution is 5.58. The number of hydrogen-bond donors (Lipinski definition) is 2. The Balaban J connectivity index is 3.09. The second kappa shape index (κ2) is 4.28. The molecule has 0 atom stereocenters. The third-order valence-corrected chi connectivity index (χ3v) is 2.21. The topological polar surface area (TPSA) is 38.0 Å². The van der Waals surface area contributed by atoms with Crippen molar-refractivity contribution in [2.75, 3.05) is 12.0 Å². The quantitative estimate of drug-likeness (QED) is 0.698. The van der Waals surface area contributed by atoms with E-state index in [0.29, 0.717) is 12.6 Å². The molecular weight excluding hydrogens is 160 g/mol. The molecule has 2 heteroatoms. The van der Waals surface area contributed by atoms with E-state index in [1.807, 2.05) is 0 Å². The van der Waals surface area contributed by atoms with E-state index in [2.05, 4.69) is 44.3 Å². The molecule has 3 N–H and O–H groups in total. The van der Waals surface area contributed by atoms with Crippen LogP contribution in [-0.4, -0.2) is 6.67 Å². The number of nitrogens with two attached hydrogens (primary N) is 1. The average molecular weight is 178 g/mol. The molecule has 0 spiro atoms. The van der Waals surface area contributed by atoms with Gasteiger partial charge in [-0.3, -0.25) is 0 Å². The molecule has 0 unspecified atom stereocenters. The lowest BCUT2D eigenvalue weighted by Gasteiger charge is -2.15. The summed E-state index contributed by atoms with van der Waals surface area (Å²) in [6.45, 7) is 6.97. The fourth-order valence-corrected chi connectivity index (χ4v) is 1.52. The van der Waals surface area contributed by atoms with Crippen LogP contribution in [0.4, 0.5) is 5.69 Å². The first-order valence-corrected chi connectivity index (χ1v) is 4.70. The van der Waals surface area contributed by atoms with Gasteiger partial charge in [0.05, 0.1) is 6.67 Å². The maximum atomic E-state index is 5.49. The molecule has 1 aromatic rings. The van der Waals surface area contributed by atoms with Crippen molar-refractivity contribution in [1.29, 1.82) is 0 Å². The second-order valence-corrected chi connectivity index (χ2v) is 3.57. The molecule has 0 saturated heterocycles. The van der Waals surface area contributed by atoms with Crippen LogP contribution >= 0.6 is 0 Å². The van der Waals surface area contributed by atoms with Crippen molar-refractivity contribution in [3.8, 4) is 0 Å². The summed E-state index contributed by atoms with van der Waals surface area (Å²) in [5, 5.41) is 3.20. The van der Waals surface area contributed by atoms with Gasteiger partial charge in [-0.2, -0.15) is 0 Å². The fourth-order valence-electron chi connectivity index (χ4n) is 1.52. The van der Waals surface area contributed by atoms with Crippen molar-refractivity contribution >= 4 is 5.69 Å². The van der Waals surface area contributed by atoms with Gasteiger partial charge in [0.1, 0.15) is 0 Å². The zero-order valence-electron chi connectivity index (χ0n) is 8.59. The number of rotatable bonds is 3. The van der Waals surface area contributed by atoms with Gasteiger partial charge in [-0.05, 0) is 24.0 Å². The number of benzene rings is 1. The number of nitrogens with one attached hydrogen (secondary N) is 1. The molecule has 2 nitrogen and oxygen atoms in total. The fraction of sp³-hybridized carbons (Fsp3) is 0.455. The van der Waals surface area contributed by atoms with Crippen LogP contribution in [0.2, 0.25) is 0 Å². The van der Waals surface area contributed by atoms with Crippen molar-refractivity contribution < 1.29 is 0 Å². The third-order valence-electron chi connectivity index (χ3n) is 2.21. The lowest BCUT2D eigenvalue weighted by molar-refractivity contribution is 0.864. The van der Waals surface area contributed by atoms with Gasteiger partial charge >= 0.3 is 0 Å². The van der Waals surface area contributed by atoms with Gasteiger partial charge in [0, 0.05) is 5.69 Å². The Labute approximate surface area is 80.1 Å². The molecule has 0 saturated carbocycles. The Morgan fingerprint density at radius 2 is 2.08 bits per heavy atom. The van der Waals surface area contributed by atoms with Gasteiger partial charge in [0.2, 0.25) is 0 Å². The third kappa shape index (κ3) is 2.22. The second-order valence-electron chi connectivity index (χ2n) is 3.57. The summed E-state index contributed by atoms with van der Waals surface area (Å²) in [6, 6.07) is 6.34. The SMILES string of the molecule is Cc1cccc(C(C)C)c1NCN. The summed E-state index contributed by atoms with van der Waals surface area (Å²) in [5.41, 5.74) is 9.28. The Kier molecular flexibility index (Phi) is 3.32. The maximum absolute atomic E-state index is 5.49. The molecular formula is C11H18N2. The first-order valence-electron chi connectivity index (χ1n) is 4.70. The minimum absolute atomic E-state index is 0.491. The normalized spacial score (nSPS) is 10.5. The number of anilines is 1. The van der Waals surface area contributed by atoms with Crippen molar-refractivity contribution in [3.05, 3.63) is 29.3 Å². The molecule has 0 aliphatic carbocycles. The van der Waals surface area contributed by atoms with E-state index in [0.717, 1.165) is 0 Å². The molecule has 0 aliphatic rings. The van der Waals surface area contributed by atoms with Gasteiger partial charge in [-0.15, -0.1) is 0 Å². The van der Waals surface area contributed by atoms with E-state index < -0.39 is 0 Å². The molecule has 13 heavy (non-hydrogen) atoms. The van der Waals surface area contributed by atoms with E-state index in [1.165, 1.54) is 16.8 Å². The predicted molar refractivity (Wildman–Crippen MR) is 57.9 cm³/mol. The standard InChI is InChI=1S/C11H18N2/c1-8(2)10-6-4-5-9(3)11(10)13-7-12/h4-6,8,13H,7,12H2,1-3H3. The number of aryl methyl sites for hydroxylation is 1. The van der Waals surface area contributed by atoms with Crippen LogP contribution in [0.25, 0.3) is 0 Å². The minimum Gasteiger partial charge on any atom is -0.372 e. The molecule has 0 aliphatic heterocycles.